The number of carbonyl (C=O) groups excluding carboxylic acids is 1. The van der Waals surface area contributed by atoms with E-state index in [1.807, 2.05) is 0 Å². The molecule has 1 saturated heterocycles. The lowest BCUT2D eigenvalue weighted by Gasteiger charge is -2.25. The van der Waals surface area contributed by atoms with E-state index in [9.17, 15) is 13.6 Å². The first kappa shape index (κ1) is 19.0. The molecule has 9 heteroatoms. The lowest BCUT2D eigenvalue weighted by molar-refractivity contribution is -0.908. The van der Waals surface area contributed by atoms with Crippen LogP contribution >= 0.6 is 11.3 Å². The third kappa shape index (κ3) is 4.06. The van der Waals surface area contributed by atoms with Gasteiger partial charge in [0, 0.05) is 19.0 Å². The van der Waals surface area contributed by atoms with E-state index in [0.717, 1.165) is 56.7 Å². The Bertz CT molecular complexity index is 955. The zero-order valence-electron chi connectivity index (χ0n) is 15.1. The molecular formula is C19H20F2N3O3S+. The van der Waals surface area contributed by atoms with Gasteiger partial charge in [0.2, 0.25) is 0 Å². The smallest absolute Gasteiger partial charge is 0.295 e. The van der Waals surface area contributed by atoms with E-state index in [4.69, 9.17) is 9.15 Å². The summed E-state index contributed by atoms with van der Waals surface area (Å²) in [5.41, 5.74) is 0.0671. The number of nitrogens with zero attached hydrogens (tertiary/aromatic N) is 2. The van der Waals surface area contributed by atoms with Crippen LogP contribution in [-0.4, -0.2) is 50.3 Å². The highest BCUT2D eigenvalue weighted by molar-refractivity contribution is 7.22. The number of hydrogen-bond donors (Lipinski definition) is 1. The van der Waals surface area contributed by atoms with Gasteiger partial charge in [0.1, 0.15) is 24.4 Å². The molecule has 3 heterocycles. The van der Waals surface area contributed by atoms with E-state index in [1.165, 1.54) is 22.1 Å². The molecule has 148 valence electrons. The molecule has 1 aliphatic rings. The summed E-state index contributed by atoms with van der Waals surface area (Å²) in [4.78, 5) is 20.1. The second kappa shape index (κ2) is 8.34. The predicted octanol–water partition coefficient (Wildman–Crippen LogP) is 2.12. The van der Waals surface area contributed by atoms with Gasteiger partial charge in [0.05, 0.1) is 30.7 Å². The van der Waals surface area contributed by atoms with E-state index >= 15 is 0 Å². The number of carbonyl (C=O) groups is 1. The van der Waals surface area contributed by atoms with Gasteiger partial charge in [0.25, 0.3) is 5.91 Å². The zero-order chi connectivity index (χ0) is 19.5. The molecule has 2 aromatic heterocycles. The molecule has 0 spiro atoms. The van der Waals surface area contributed by atoms with Crippen molar-refractivity contribution < 1.29 is 27.6 Å². The van der Waals surface area contributed by atoms with Crippen LogP contribution in [0.5, 0.6) is 0 Å². The fourth-order valence-corrected chi connectivity index (χ4v) is 4.30. The summed E-state index contributed by atoms with van der Waals surface area (Å²) in [6.07, 6.45) is 2.17. The topological polar surface area (TPSA) is 60.0 Å². The summed E-state index contributed by atoms with van der Waals surface area (Å²) in [6.45, 7) is 4.67. The summed E-state index contributed by atoms with van der Waals surface area (Å²) >= 11 is 1.09. The Labute approximate surface area is 164 Å². The SMILES string of the molecule is O=C(c1ccco1)N(CCC[NH+]1CCOCC1)c1nc2c(F)cc(F)cc2s1. The molecule has 3 aromatic rings. The highest BCUT2D eigenvalue weighted by Gasteiger charge is 2.25. The predicted molar refractivity (Wildman–Crippen MR) is 101 cm³/mol. The third-order valence-electron chi connectivity index (χ3n) is 4.72. The molecule has 0 radical (unpaired) electrons. The Kier molecular flexibility index (Phi) is 5.65. The van der Waals surface area contributed by atoms with Crippen molar-refractivity contribution in [1.82, 2.24) is 4.98 Å². The first-order chi connectivity index (χ1) is 13.6. The fourth-order valence-electron chi connectivity index (χ4n) is 3.28. The number of furan rings is 1. The Morgan fingerprint density at radius 1 is 1.29 bits per heavy atom. The summed E-state index contributed by atoms with van der Waals surface area (Å²) in [7, 11) is 0. The average Bonchev–Trinajstić information content (AvgIpc) is 3.35. The van der Waals surface area contributed by atoms with Gasteiger partial charge >= 0.3 is 0 Å². The van der Waals surface area contributed by atoms with Gasteiger partial charge < -0.3 is 14.1 Å². The molecular weight excluding hydrogens is 388 g/mol. The first-order valence-electron chi connectivity index (χ1n) is 9.14. The van der Waals surface area contributed by atoms with Crippen molar-refractivity contribution in [3.8, 4) is 0 Å². The van der Waals surface area contributed by atoms with Gasteiger partial charge in [-0.15, -0.1) is 0 Å². The number of morpholine rings is 1. The largest absolute Gasteiger partial charge is 0.459 e. The Hall–Kier alpha value is -2.36. The van der Waals surface area contributed by atoms with Gasteiger partial charge in [0.15, 0.2) is 16.7 Å². The molecule has 1 aliphatic heterocycles. The summed E-state index contributed by atoms with van der Waals surface area (Å²) < 4.78 is 38.6. The van der Waals surface area contributed by atoms with Crippen molar-refractivity contribution in [2.75, 3.05) is 44.3 Å². The molecule has 0 unspecified atom stereocenters. The van der Waals surface area contributed by atoms with Gasteiger partial charge in [-0.2, -0.15) is 0 Å². The van der Waals surface area contributed by atoms with Crippen molar-refractivity contribution in [2.24, 2.45) is 0 Å². The molecule has 1 amide bonds. The number of halogens is 2. The maximum absolute atomic E-state index is 14.1. The minimum absolute atomic E-state index is 0.0671. The fraction of sp³-hybridized carbons (Fsp3) is 0.368. The molecule has 0 aliphatic carbocycles. The number of rotatable bonds is 6. The molecule has 28 heavy (non-hydrogen) atoms. The number of nitrogens with one attached hydrogen (secondary N) is 1. The minimum atomic E-state index is -0.736. The second-order valence-corrected chi connectivity index (χ2v) is 7.64. The molecule has 4 rings (SSSR count). The Balaban J connectivity index is 1.57. The van der Waals surface area contributed by atoms with Gasteiger partial charge in [-0.25, -0.2) is 13.8 Å². The van der Waals surface area contributed by atoms with Crippen molar-refractivity contribution >= 4 is 32.6 Å². The molecule has 0 bridgehead atoms. The monoisotopic (exact) mass is 408 g/mol. The van der Waals surface area contributed by atoms with E-state index in [1.54, 1.807) is 12.1 Å². The molecule has 0 atom stereocenters. The normalized spacial score (nSPS) is 15.2. The van der Waals surface area contributed by atoms with Gasteiger partial charge in [-0.3, -0.25) is 9.69 Å². The van der Waals surface area contributed by atoms with Crippen molar-refractivity contribution in [2.45, 2.75) is 6.42 Å². The maximum Gasteiger partial charge on any atom is 0.295 e. The van der Waals surface area contributed by atoms with E-state index in [2.05, 4.69) is 4.98 Å². The van der Waals surface area contributed by atoms with Crippen LogP contribution in [-0.2, 0) is 4.74 Å². The Morgan fingerprint density at radius 3 is 2.86 bits per heavy atom. The average molecular weight is 408 g/mol. The number of hydrogen-bond acceptors (Lipinski definition) is 5. The summed E-state index contributed by atoms with van der Waals surface area (Å²) in [5, 5.41) is 0.331. The van der Waals surface area contributed by atoms with Crippen LogP contribution in [0.3, 0.4) is 0 Å². The number of quaternary nitrogens is 1. The minimum Gasteiger partial charge on any atom is -0.459 e. The van der Waals surface area contributed by atoms with Crippen molar-refractivity contribution in [3.05, 3.63) is 47.9 Å². The first-order valence-corrected chi connectivity index (χ1v) is 9.96. The Morgan fingerprint density at radius 2 is 2.11 bits per heavy atom. The van der Waals surface area contributed by atoms with Crippen LogP contribution in [0.25, 0.3) is 10.2 Å². The number of amides is 1. The highest BCUT2D eigenvalue weighted by atomic mass is 32.1. The number of thiazole rings is 1. The van der Waals surface area contributed by atoms with Crippen molar-refractivity contribution in [1.29, 1.82) is 0 Å². The van der Waals surface area contributed by atoms with Gasteiger partial charge in [-0.05, 0) is 18.2 Å². The van der Waals surface area contributed by atoms with Crippen LogP contribution in [0.4, 0.5) is 13.9 Å². The van der Waals surface area contributed by atoms with Gasteiger partial charge in [-0.1, -0.05) is 11.3 Å². The molecule has 6 nitrogen and oxygen atoms in total. The quantitative estimate of drug-likeness (QED) is 0.679. The van der Waals surface area contributed by atoms with Crippen molar-refractivity contribution in [3.63, 3.8) is 0 Å². The van der Waals surface area contributed by atoms with E-state index < -0.39 is 11.6 Å². The lowest BCUT2D eigenvalue weighted by Crippen LogP contribution is -3.14. The highest BCUT2D eigenvalue weighted by Crippen LogP contribution is 2.32. The standard InChI is InChI=1S/C19H19F2N3O3S/c20-13-11-14(21)17-16(12-13)28-19(22-17)24(18(25)15-3-1-8-27-15)5-2-4-23-6-9-26-10-7-23/h1,3,8,11-12H,2,4-7,9-10H2/p+1. The van der Waals surface area contributed by atoms with E-state index in [0.29, 0.717) is 16.4 Å². The molecule has 1 aromatic carbocycles. The number of ether oxygens (including phenoxy) is 1. The van der Waals surface area contributed by atoms with Crippen LogP contribution in [0.15, 0.2) is 34.9 Å². The van der Waals surface area contributed by atoms with Crippen LogP contribution in [0, 0.1) is 11.6 Å². The van der Waals surface area contributed by atoms with Crippen LogP contribution < -0.4 is 9.80 Å². The summed E-state index contributed by atoms with van der Waals surface area (Å²) in [5.74, 6) is -1.56. The number of benzene rings is 1. The lowest BCUT2D eigenvalue weighted by atomic mass is 10.3. The van der Waals surface area contributed by atoms with Crippen LogP contribution in [0.1, 0.15) is 17.0 Å². The molecule has 1 N–H and O–H groups in total. The second-order valence-electron chi connectivity index (χ2n) is 6.63. The molecule has 0 saturated carbocycles. The zero-order valence-corrected chi connectivity index (χ0v) is 15.9. The molecule has 1 fully saturated rings. The number of fused-ring (bicyclic) bond motifs is 1. The maximum atomic E-state index is 14.1. The van der Waals surface area contributed by atoms with Crippen LogP contribution in [0.2, 0.25) is 0 Å². The number of anilines is 1. The number of aromatic nitrogens is 1. The van der Waals surface area contributed by atoms with E-state index in [-0.39, 0.29) is 17.2 Å². The third-order valence-corrected chi connectivity index (χ3v) is 5.75. The summed E-state index contributed by atoms with van der Waals surface area (Å²) in [6, 6.07) is 5.24.